The SMILES string of the molecule is Cc1ccc2nc(C(C)C)n(CC3CCO3)c2n1. The number of rotatable bonds is 3. The van der Waals surface area contributed by atoms with Gasteiger partial charge in [0.1, 0.15) is 11.3 Å². The molecule has 1 atom stereocenters. The standard InChI is InChI=1S/C14H19N3O/c1-9(2)13-16-12-5-4-10(3)15-14(12)17(13)8-11-6-7-18-11/h4-5,9,11H,6-8H2,1-3H3. The van der Waals surface area contributed by atoms with Crippen molar-refractivity contribution in [2.45, 2.75) is 45.8 Å². The third kappa shape index (κ3) is 1.90. The van der Waals surface area contributed by atoms with E-state index in [2.05, 4.69) is 29.5 Å². The van der Waals surface area contributed by atoms with Crippen LogP contribution in [0.5, 0.6) is 0 Å². The highest BCUT2D eigenvalue weighted by Gasteiger charge is 2.23. The van der Waals surface area contributed by atoms with Crippen LogP contribution in [0.3, 0.4) is 0 Å². The Hall–Kier alpha value is -1.42. The molecular weight excluding hydrogens is 226 g/mol. The molecule has 1 unspecified atom stereocenters. The summed E-state index contributed by atoms with van der Waals surface area (Å²) in [5.41, 5.74) is 3.02. The minimum Gasteiger partial charge on any atom is -0.376 e. The average Bonchev–Trinajstić information content (AvgIpc) is 2.61. The van der Waals surface area contributed by atoms with Crippen LogP contribution in [0.4, 0.5) is 0 Å². The van der Waals surface area contributed by atoms with Gasteiger partial charge in [0, 0.05) is 18.2 Å². The van der Waals surface area contributed by atoms with E-state index in [1.165, 1.54) is 0 Å². The Labute approximate surface area is 107 Å². The number of hydrogen-bond donors (Lipinski definition) is 0. The van der Waals surface area contributed by atoms with E-state index in [4.69, 9.17) is 9.72 Å². The first kappa shape index (κ1) is 11.7. The molecule has 2 aromatic heterocycles. The van der Waals surface area contributed by atoms with Crippen molar-refractivity contribution in [1.82, 2.24) is 14.5 Å². The molecule has 3 heterocycles. The van der Waals surface area contributed by atoms with Crippen molar-refractivity contribution in [2.75, 3.05) is 6.61 Å². The summed E-state index contributed by atoms with van der Waals surface area (Å²) in [5, 5.41) is 0. The quantitative estimate of drug-likeness (QED) is 0.834. The normalized spacial score (nSPS) is 19.4. The maximum absolute atomic E-state index is 5.54. The zero-order chi connectivity index (χ0) is 12.7. The lowest BCUT2D eigenvalue weighted by Crippen LogP contribution is -2.32. The van der Waals surface area contributed by atoms with Crippen molar-refractivity contribution in [2.24, 2.45) is 0 Å². The molecule has 4 nitrogen and oxygen atoms in total. The summed E-state index contributed by atoms with van der Waals surface area (Å²) in [5.74, 6) is 1.51. The number of hydrogen-bond acceptors (Lipinski definition) is 3. The van der Waals surface area contributed by atoms with Crippen LogP contribution in [-0.4, -0.2) is 27.2 Å². The molecule has 1 saturated heterocycles. The van der Waals surface area contributed by atoms with Crippen molar-refractivity contribution in [3.8, 4) is 0 Å². The maximum atomic E-state index is 5.54. The van der Waals surface area contributed by atoms with Crippen LogP contribution in [0.1, 0.15) is 37.7 Å². The number of fused-ring (bicyclic) bond motifs is 1. The van der Waals surface area contributed by atoms with Gasteiger partial charge in [0.05, 0.1) is 12.6 Å². The second kappa shape index (κ2) is 4.35. The van der Waals surface area contributed by atoms with Crippen LogP contribution in [0.25, 0.3) is 11.2 Å². The van der Waals surface area contributed by atoms with Crippen LogP contribution in [0.15, 0.2) is 12.1 Å². The number of pyridine rings is 1. The minimum atomic E-state index is 0.335. The van der Waals surface area contributed by atoms with E-state index in [9.17, 15) is 0 Å². The van der Waals surface area contributed by atoms with Gasteiger partial charge in [-0.3, -0.25) is 0 Å². The second-order valence-electron chi connectivity index (χ2n) is 5.31. The van der Waals surface area contributed by atoms with Gasteiger partial charge in [0.2, 0.25) is 0 Å². The van der Waals surface area contributed by atoms with Gasteiger partial charge in [-0.15, -0.1) is 0 Å². The first-order valence-electron chi connectivity index (χ1n) is 6.60. The molecule has 0 aromatic carbocycles. The minimum absolute atomic E-state index is 0.335. The van der Waals surface area contributed by atoms with Gasteiger partial charge in [0.25, 0.3) is 0 Å². The molecule has 0 bridgehead atoms. The summed E-state index contributed by atoms with van der Waals surface area (Å²) < 4.78 is 7.77. The summed E-state index contributed by atoms with van der Waals surface area (Å²) >= 11 is 0. The molecule has 1 fully saturated rings. The van der Waals surface area contributed by atoms with Crippen molar-refractivity contribution >= 4 is 11.2 Å². The Morgan fingerprint density at radius 1 is 1.39 bits per heavy atom. The molecule has 0 saturated carbocycles. The number of aromatic nitrogens is 3. The molecule has 0 N–H and O–H groups in total. The predicted octanol–water partition coefficient (Wildman–Crippen LogP) is 2.65. The fourth-order valence-corrected chi connectivity index (χ4v) is 2.37. The highest BCUT2D eigenvalue weighted by atomic mass is 16.5. The Bertz CT molecular complexity index is 570. The molecule has 96 valence electrons. The number of ether oxygens (including phenoxy) is 1. The molecule has 0 amide bonds. The van der Waals surface area contributed by atoms with Crippen molar-refractivity contribution < 1.29 is 4.74 Å². The molecule has 1 aliphatic rings. The van der Waals surface area contributed by atoms with Crippen molar-refractivity contribution in [1.29, 1.82) is 0 Å². The summed E-state index contributed by atoms with van der Waals surface area (Å²) in [6.45, 7) is 8.13. The van der Waals surface area contributed by atoms with Gasteiger partial charge in [-0.2, -0.15) is 0 Å². The maximum Gasteiger partial charge on any atom is 0.160 e. The molecule has 18 heavy (non-hydrogen) atoms. The Morgan fingerprint density at radius 3 is 2.78 bits per heavy atom. The number of imidazole rings is 1. The fraction of sp³-hybridized carbons (Fsp3) is 0.571. The third-order valence-electron chi connectivity index (χ3n) is 3.46. The Morgan fingerprint density at radius 2 is 2.17 bits per heavy atom. The summed E-state index contributed by atoms with van der Waals surface area (Å²) in [6, 6.07) is 4.07. The van der Waals surface area contributed by atoms with Crippen molar-refractivity contribution in [3.05, 3.63) is 23.7 Å². The first-order chi connectivity index (χ1) is 8.65. The van der Waals surface area contributed by atoms with E-state index in [0.29, 0.717) is 12.0 Å². The highest BCUT2D eigenvalue weighted by molar-refractivity contribution is 5.71. The molecule has 1 aliphatic heterocycles. The van der Waals surface area contributed by atoms with E-state index < -0.39 is 0 Å². The largest absolute Gasteiger partial charge is 0.376 e. The monoisotopic (exact) mass is 245 g/mol. The van der Waals surface area contributed by atoms with Crippen LogP contribution in [0, 0.1) is 6.92 Å². The predicted molar refractivity (Wildman–Crippen MR) is 70.7 cm³/mol. The zero-order valence-corrected chi connectivity index (χ0v) is 11.2. The van der Waals surface area contributed by atoms with E-state index in [1.807, 2.05) is 13.0 Å². The van der Waals surface area contributed by atoms with E-state index >= 15 is 0 Å². The molecule has 4 heteroatoms. The van der Waals surface area contributed by atoms with Gasteiger partial charge in [-0.25, -0.2) is 9.97 Å². The van der Waals surface area contributed by atoms with Crippen LogP contribution >= 0.6 is 0 Å². The lowest BCUT2D eigenvalue weighted by molar-refractivity contribution is -0.0591. The average molecular weight is 245 g/mol. The van der Waals surface area contributed by atoms with E-state index in [1.54, 1.807) is 0 Å². The number of aryl methyl sites for hydroxylation is 1. The summed E-state index contributed by atoms with van der Waals surface area (Å²) in [7, 11) is 0. The smallest absolute Gasteiger partial charge is 0.160 e. The molecular formula is C14H19N3O. The van der Waals surface area contributed by atoms with Gasteiger partial charge in [-0.1, -0.05) is 13.8 Å². The molecule has 3 rings (SSSR count). The van der Waals surface area contributed by atoms with Crippen LogP contribution in [0.2, 0.25) is 0 Å². The lowest BCUT2D eigenvalue weighted by atomic mass is 10.1. The molecule has 0 spiro atoms. The second-order valence-corrected chi connectivity index (χ2v) is 5.31. The molecule has 2 aromatic rings. The summed E-state index contributed by atoms with van der Waals surface area (Å²) in [6.07, 6.45) is 1.48. The van der Waals surface area contributed by atoms with Crippen molar-refractivity contribution in [3.63, 3.8) is 0 Å². The van der Waals surface area contributed by atoms with Gasteiger partial charge in [-0.05, 0) is 25.5 Å². The van der Waals surface area contributed by atoms with E-state index in [0.717, 1.165) is 42.3 Å². The number of nitrogens with zero attached hydrogens (tertiary/aromatic N) is 3. The van der Waals surface area contributed by atoms with Gasteiger partial charge in [0.15, 0.2) is 5.65 Å². The Balaban J connectivity index is 2.10. The summed E-state index contributed by atoms with van der Waals surface area (Å²) in [4.78, 5) is 9.34. The topological polar surface area (TPSA) is 39.9 Å². The zero-order valence-electron chi connectivity index (χ0n) is 11.2. The van der Waals surface area contributed by atoms with Gasteiger partial charge >= 0.3 is 0 Å². The van der Waals surface area contributed by atoms with Crippen LogP contribution in [-0.2, 0) is 11.3 Å². The lowest BCUT2D eigenvalue weighted by Gasteiger charge is -2.27. The molecule has 0 radical (unpaired) electrons. The fourth-order valence-electron chi connectivity index (χ4n) is 2.37. The third-order valence-corrected chi connectivity index (χ3v) is 3.46. The van der Waals surface area contributed by atoms with Gasteiger partial charge < -0.3 is 9.30 Å². The van der Waals surface area contributed by atoms with E-state index in [-0.39, 0.29) is 0 Å². The molecule has 0 aliphatic carbocycles. The highest BCUT2D eigenvalue weighted by Crippen LogP contribution is 2.23. The Kier molecular flexibility index (Phi) is 2.82. The van der Waals surface area contributed by atoms with Crippen LogP contribution < -0.4 is 0 Å². The first-order valence-corrected chi connectivity index (χ1v) is 6.60.